The lowest BCUT2D eigenvalue weighted by atomic mass is 10.2. The first-order valence-electron chi connectivity index (χ1n) is 7.78. The first-order valence-corrected chi connectivity index (χ1v) is 7.78. The van der Waals surface area contributed by atoms with Crippen LogP contribution >= 0.6 is 0 Å². The Labute approximate surface area is 130 Å². The van der Waals surface area contributed by atoms with Gasteiger partial charge in [-0.05, 0) is 13.8 Å². The first kappa shape index (κ1) is 14.0. The molecule has 0 aromatic carbocycles. The van der Waals surface area contributed by atoms with Gasteiger partial charge in [0.25, 0.3) is 0 Å². The highest BCUT2D eigenvalue weighted by atomic mass is 16.7. The molecule has 3 aliphatic rings. The zero-order valence-corrected chi connectivity index (χ0v) is 13.3. The van der Waals surface area contributed by atoms with E-state index in [9.17, 15) is 0 Å². The van der Waals surface area contributed by atoms with Crippen molar-refractivity contribution in [3.63, 3.8) is 0 Å². The predicted molar refractivity (Wildman–Crippen MR) is 82.4 cm³/mol. The quantitative estimate of drug-likeness (QED) is 0.726. The monoisotopic (exact) mass is 306 g/mol. The summed E-state index contributed by atoms with van der Waals surface area (Å²) >= 11 is 0. The van der Waals surface area contributed by atoms with Crippen LogP contribution in [0.3, 0.4) is 0 Å². The van der Waals surface area contributed by atoms with Crippen LogP contribution in [-0.4, -0.2) is 73.2 Å². The van der Waals surface area contributed by atoms with E-state index in [1.54, 1.807) is 0 Å². The van der Waals surface area contributed by atoms with Gasteiger partial charge < -0.3 is 24.2 Å². The van der Waals surface area contributed by atoms with Gasteiger partial charge in [-0.15, -0.1) is 0 Å². The molecule has 1 aromatic rings. The van der Waals surface area contributed by atoms with Crippen LogP contribution in [-0.2, 0) is 9.47 Å². The predicted octanol–water partition coefficient (Wildman–Crippen LogP) is 0.0993. The van der Waals surface area contributed by atoms with Crippen molar-refractivity contribution in [2.24, 2.45) is 0 Å². The van der Waals surface area contributed by atoms with Gasteiger partial charge in [0, 0.05) is 33.2 Å². The Hall–Kier alpha value is -1.67. The minimum atomic E-state index is -0.508. The van der Waals surface area contributed by atoms with Crippen molar-refractivity contribution in [2.45, 2.75) is 25.7 Å². The molecule has 8 nitrogen and oxygen atoms in total. The Morgan fingerprint density at radius 3 is 1.91 bits per heavy atom. The lowest BCUT2D eigenvalue weighted by Crippen LogP contribution is -2.49. The van der Waals surface area contributed by atoms with Gasteiger partial charge in [-0.25, -0.2) is 0 Å². The summed E-state index contributed by atoms with van der Waals surface area (Å²) in [4.78, 5) is 20.1. The first-order chi connectivity index (χ1) is 10.5. The van der Waals surface area contributed by atoms with E-state index in [-0.39, 0.29) is 6.04 Å². The summed E-state index contributed by atoms with van der Waals surface area (Å²) in [5.41, 5.74) is 0. The molecule has 0 radical (unpaired) electrons. The van der Waals surface area contributed by atoms with Gasteiger partial charge in [-0.2, -0.15) is 15.0 Å². The Morgan fingerprint density at radius 1 is 0.955 bits per heavy atom. The topological polar surface area (TPSA) is 66.4 Å². The summed E-state index contributed by atoms with van der Waals surface area (Å²) in [7, 11) is 1.99. The Balaban J connectivity index is 1.55. The molecule has 0 bridgehead atoms. The van der Waals surface area contributed by atoms with Crippen molar-refractivity contribution in [1.82, 2.24) is 15.0 Å². The summed E-state index contributed by atoms with van der Waals surface area (Å²) in [6.45, 7) is 9.17. The molecule has 0 unspecified atom stereocenters. The standard InChI is InChI=1S/C14H22N6O2/c1-14(2)21-8-10(9-22-14)18(3)11-15-12(19-4-5-19)17-13(16-11)20-6-7-20/h10H,4-9H2,1-3H3. The molecule has 0 atom stereocenters. The average molecular weight is 306 g/mol. The van der Waals surface area contributed by atoms with Gasteiger partial charge in [0.05, 0.1) is 19.3 Å². The van der Waals surface area contributed by atoms with Crippen molar-refractivity contribution in [3.05, 3.63) is 0 Å². The zero-order chi connectivity index (χ0) is 15.3. The maximum atomic E-state index is 5.74. The number of ether oxygens (including phenoxy) is 2. The minimum Gasteiger partial charge on any atom is -0.348 e. The molecule has 0 spiro atoms. The normalized spacial score (nSPS) is 23.6. The smallest absolute Gasteiger partial charge is 0.232 e. The third-order valence-electron chi connectivity index (χ3n) is 4.17. The molecule has 0 saturated carbocycles. The lowest BCUT2D eigenvalue weighted by molar-refractivity contribution is -0.249. The van der Waals surface area contributed by atoms with Crippen LogP contribution in [0.2, 0.25) is 0 Å². The van der Waals surface area contributed by atoms with Crippen LogP contribution in [0.5, 0.6) is 0 Å². The molecule has 4 heterocycles. The van der Waals surface area contributed by atoms with Crippen molar-refractivity contribution in [2.75, 3.05) is 61.1 Å². The highest BCUT2D eigenvalue weighted by Gasteiger charge is 2.33. The minimum absolute atomic E-state index is 0.111. The van der Waals surface area contributed by atoms with Crippen molar-refractivity contribution >= 4 is 17.8 Å². The SMILES string of the molecule is CN(c1nc(N2CC2)nc(N2CC2)n1)C1COC(C)(C)OC1. The Bertz CT molecular complexity index is 532. The number of anilines is 3. The summed E-state index contributed by atoms with van der Waals surface area (Å²) in [5.74, 6) is 1.73. The second kappa shape index (κ2) is 4.92. The average Bonchev–Trinajstić information content (AvgIpc) is 3.39. The van der Waals surface area contributed by atoms with E-state index in [0.717, 1.165) is 38.1 Å². The van der Waals surface area contributed by atoms with Crippen LogP contribution in [0.1, 0.15) is 13.8 Å². The zero-order valence-electron chi connectivity index (χ0n) is 13.3. The molecule has 3 aliphatic heterocycles. The van der Waals surface area contributed by atoms with Gasteiger partial charge in [-0.3, -0.25) is 0 Å². The van der Waals surface area contributed by atoms with Gasteiger partial charge in [-0.1, -0.05) is 0 Å². The maximum absolute atomic E-state index is 5.74. The number of likely N-dealkylation sites (N-methyl/N-ethyl adjacent to an activating group) is 1. The molecule has 22 heavy (non-hydrogen) atoms. The highest BCUT2D eigenvalue weighted by molar-refractivity contribution is 5.51. The molecule has 4 rings (SSSR count). The molecule has 120 valence electrons. The van der Waals surface area contributed by atoms with Crippen LogP contribution < -0.4 is 14.7 Å². The van der Waals surface area contributed by atoms with Crippen molar-refractivity contribution < 1.29 is 9.47 Å². The molecular weight excluding hydrogens is 284 g/mol. The summed E-state index contributed by atoms with van der Waals surface area (Å²) < 4.78 is 11.5. The van der Waals surface area contributed by atoms with E-state index < -0.39 is 5.79 Å². The Morgan fingerprint density at radius 2 is 1.45 bits per heavy atom. The number of aromatic nitrogens is 3. The molecule has 0 aliphatic carbocycles. The second-order valence-corrected chi connectivity index (χ2v) is 6.50. The molecule has 3 saturated heterocycles. The summed E-state index contributed by atoms with van der Waals surface area (Å²) in [6.07, 6.45) is 0. The third kappa shape index (κ3) is 2.80. The Kier molecular flexibility index (Phi) is 3.12. The third-order valence-corrected chi connectivity index (χ3v) is 4.17. The van der Waals surface area contributed by atoms with Crippen LogP contribution in [0, 0.1) is 0 Å². The molecule has 0 amide bonds. The largest absolute Gasteiger partial charge is 0.348 e. The van der Waals surface area contributed by atoms with Crippen LogP contribution in [0.4, 0.5) is 17.8 Å². The number of hydrogen-bond acceptors (Lipinski definition) is 8. The molecule has 8 heteroatoms. The van der Waals surface area contributed by atoms with Gasteiger partial charge in [0.15, 0.2) is 5.79 Å². The fraction of sp³-hybridized carbons (Fsp3) is 0.786. The second-order valence-electron chi connectivity index (χ2n) is 6.50. The van der Waals surface area contributed by atoms with E-state index in [4.69, 9.17) is 9.47 Å². The van der Waals surface area contributed by atoms with Crippen molar-refractivity contribution in [1.29, 1.82) is 0 Å². The van der Waals surface area contributed by atoms with Crippen LogP contribution in [0.15, 0.2) is 0 Å². The van der Waals surface area contributed by atoms with E-state index in [1.165, 1.54) is 0 Å². The fourth-order valence-corrected chi connectivity index (χ4v) is 2.35. The van der Waals surface area contributed by atoms with E-state index in [2.05, 4.69) is 24.8 Å². The fourth-order valence-electron chi connectivity index (χ4n) is 2.35. The van der Waals surface area contributed by atoms with Gasteiger partial charge in [0.1, 0.15) is 0 Å². The molecule has 0 N–H and O–H groups in total. The van der Waals surface area contributed by atoms with E-state index in [0.29, 0.717) is 19.2 Å². The van der Waals surface area contributed by atoms with E-state index >= 15 is 0 Å². The number of hydrogen-bond donors (Lipinski definition) is 0. The molecule has 3 fully saturated rings. The molecule has 1 aromatic heterocycles. The molecular formula is C14H22N6O2. The van der Waals surface area contributed by atoms with Gasteiger partial charge in [0.2, 0.25) is 17.8 Å². The van der Waals surface area contributed by atoms with Crippen LogP contribution in [0.25, 0.3) is 0 Å². The summed E-state index contributed by atoms with van der Waals surface area (Å²) in [5, 5.41) is 0. The lowest BCUT2D eigenvalue weighted by Gasteiger charge is -2.38. The maximum Gasteiger partial charge on any atom is 0.232 e. The van der Waals surface area contributed by atoms with E-state index in [1.807, 2.05) is 25.8 Å². The highest BCUT2D eigenvalue weighted by Crippen LogP contribution is 2.27. The van der Waals surface area contributed by atoms with Gasteiger partial charge >= 0.3 is 0 Å². The number of rotatable bonds is 4. The van der Waals surface area contributed by atoms with Crippen molar-refractivity contribution in [3.8, 4) is 0 Å². The summed E-state index contributed by atoms with van der Waals surface area (Å²) in [6, 6.07) is 0.111. The number of nitrogens with zero attached hydrogens (tertiary/aromatic N) is 6.